The summed E-state index contributed by atoms with van der Waals surface area (Å²) in [5.74, 6) is 0.274. The minimum atomic E-state index is 0.00227. The van der Waals surface area contributed by atoms with Gasteiger partial charge in [-0.25, -0.2) is 0 Å². The van der Waals surface area contributed by atoms with Gasteiger partial charge in [-0.15, -0.1) is 0 Å². The second kappa shape index (κ2) is 4.44. The van der Waals surface area contributed by atoms with E-state index in [0.29, 0.717) is 0 Å². The number of piperidine rings is 1. The third kappa shape index (κ3) is 1.96. The molecule has 0 radical (unpaired) electrons. The summed E-state index contributed by atoms with van der Waals surface area (Å²) in [6.07, 6.45) is 2.15. The van der Waals surface area contributed by atoms with E-state index in [4.69, 9.17) is 10.4 Å². The molecule has 2 N–H and O–H groups in total. The van der Waals surface area contributed by atoms with Gasteiger partial charge in [-0.1, -0.05) is 0 Å². The van der Waals surface area contributed by atoms with Crippen LogP contribution in [0, 0.1) is 23.2 Å². The fourth-order valence-corrected chi connectivity index (χ4v) is 1.85. The van der Waals surface area contributed by atoms with Gasteiger partial charge in [0, 0.05) is 12.6 Å². The molecule has 0 aromatic carbocycles. The lowest BCUT2D eigenvalue weighted by atomic mass is 9.84. The van der Waals surface area contributed by atoms with E-state index in [1.165, 1.54) is 0 Å². The lowest BCUT2D eigenvalue weighted by Crippen LogP contribution is -2.46. The van der Waals surface area contributed by atoms with Crippen LogP contribution in [0.15, 0.2) is 0 Å². The summed E-state index contributed by atoms with van der Waals surface area (Å²) in [4.78, 5) is 0. The van der Waals surface area contributed by atoms with E-state index >= 15 is 0 Å². The predicted octanol–water partition coefficient (Wildman–Crippen LogP) is 0.507. The Labute approximate surface area is 73.4 Å². The maximum Gasteiger partial charge on any atom is 0.0669 e. The molecule has 1 aliphatic rings. The highest BCUT2D eigenvalue weighted by atomic mass is 16.3. The zero-order valence-electron chi connectivity index (χ0n) is 7.45. The van der Waals surface area contributed by atoms with Gasteiger partial charge in [0.1, 0.15) is 0 Å². The molecule has 1 saturated heterocycles. The zero-order chi connectivity index (χ0) is 8.97. The monoisotopic (exact) mass is 168 g/mol. The normalized spacial score (nSPS) is 32.4. The molecule has 1 fully saturated rings. The first-order valence-corrected chi connectivity index (χ1v) is 4.53. The Morgan fingerprint density at radius 3 is 3.08 bits per heavy atom. The highest BCUT2D eigenvalue weighted by Gasteiger charge is 2.28. The standard InChI is InChI=1S/C9H16N2O/c1-7(5-10)9-8(6-12)3-2-4-11-9/h7-9,11-12H,2-4,6H2,1H3. The molecule has 0 aromatic heterocycles. The van der Waals surface area contributed by atoms with E-state index in [1.54, 1.807) is 0 Å². The van der Waals surface area contributed by atoms with Gasteiger partial charge < -0.3 is 10.4 Å². The van der Waals surface area contributed by atoms with Crippen LogP contribution in [0.25, 0.3) is 0 Å². The average molecular weight is 168 g/mol. The van der Waals surface area contributed by atoms with Crippen LogP contribution in [-0.4, -0.2) is 24.3 Å². The van der Waals surface area contributed by atoms with Crippen molar-refractivity contribution in [3.8, 4) is 6.07 Å². The number of aliphatic hydroxyl groups is 1. The van der Waals surface area contributed by atoms with Gasteiger partial charge in [0.05, 0.1) is 12.0 Å². The summed E-state index contributed by atoms with van der Waals surface area (Å²) in [6.45, 7) is 3.09. The largest absolute Gasteiger partial charge is 0.396 e. The third-order valence-electron chi connectivity index (χ3n) is 2.62. The van der Waals surface area contributed by atoms with E-state index in [-0.39, 0.29) is 24.5 Å². The Balaban J connectivity index is 2.53. The lowest BCUT2D eigenvalue weighted by Gasteiger charge is -2.32. The van der Waals surface area contributed by atoms with E-state index in [0.717, 1.165) is 19.4 Å². The molecule has 3 heteroatoms. The van der Waals surface area contributed by atoms with Crippen molar-refractivity contribution in [3.63, 3.8) is 0 Å². The van der Waals surface area contributed by atoms with E-state index in [9.17, 15) is 0 Å². The van der Waals surface area contributed by atoms with Crippen LogP contribution in [0.1, 0.15) is 19.8 Å². The number of nitrogens with one attached hydrogen (secondary N) is 1. The molecule has 0 bridgehead atoms. The zero-order valence-corrected chi connectivity index (χ0v) is 7.45. The number of rotatable bonds is 2. The van der Waals surface area contributed by atoms with Gasteiger partial charge >= 0.3 is 0 Å². The van der Waals surface area contributed by atoms with Crippen LogP contribution in [0.2, 0.25) is 0 Å². The van der Waals surface area contributed by atoms with Gasteiger partial charge in [-0.2, -0.15) is 5.26 Å². The van der Waals surface area contributed by atoms with Crippen molar-refractivity contribution in [2.45, 2.75) is 25.8 Å². The summed E-state index contributed by atoms with van der Waals surface area (Å²) in [5, 5.41) is 21.1. The minimum Gasteiger partial charge on any atom is -0.396 e. The Hall–Kier alpha value is -0.590. The number of nitriles is 1. The lowest BCUT2D eigenvalue weighted by molar-refractivity contribution is 0.144. The molecule has 12 heavy (non-hydrogen) atoms. The van der Waals surface area contributed by atoms with Gasteiger partial charge in [-0.05, 0) is 32.2 Å². The van der Waals surface area contributed by atoms with Gasteiger partial charge in [0.25, 0.3) is 0 Å². The highest BCUT2D eigenvalue weighted by Crippen LogP contribution is 2.21. The molecule has 3 atom stereocenters. The summed E-state index contributed by atoms with van der Waals surface area (Å²) in [6, 6.07) is 2.41. The van der Waals surface area contributed by atoms with Crippen LogP contribution in [0.4, 0.5) is 0 Å². The molecule has 1 rings (SSSR count). The van der Waals surface area contributed by atoms with E-state index < -0.39 is 0 Å². The predicted molar refractivity (Wildman–Crippen MR) is 46.4 cm³/mol. The van der Waals surface area contributed by atoms with Crippen molar-refractivity contribution < 1.29 is 5.11 Å². The number of aliphatic hydroxyl groups excluding tert-OH is 1. The van der Waals surface area contributed by atoms with Gasteiger partial charge in [0.2, 0.25) is 0 Å². The summed E-state index contributed by atoms with van der Waals surface area (Å²) < 4.78 is 0. The Morgan fingerprint density at radius 2 is 2.50 bits per heavy atom. The van der Waals surface area contributed by atoms with Crippen LogP contribution in [0.5, 0.6) is 0 Å². The number of hydrogen-bond acceptors (Lipinski definition) is 3. The van der Waals surface area contributed by atoms with Crippen molar-refractivity contribution in [1.82, 2.24) is 5.32 Å². The van der Waals surface area contributed by atoms with Crippen molar-refractivity contribution in [1.29, 1.82) is 5.26 Å². The van der Waals surface area contributed by atoms with Crippen LogP contribution in [0.3, 0.4) is 0 Å². The first-order valence-electron chi connectivity index (χ1n) is 4.53. The van der Waals surface area contributed by atoms with Crippen molar-refractivity contribution >= 4 is 0 Å². The topological polar surface area (TPSA) is 56.0 Å². The summed E-state index contributed by atoms with van der Waals surface area (Å²) in [5.41, 5.74) is 0. The maximum atomic E-state index is 9.06. The smallest absolute Gasteiger partial charge is 0.0669 e. The molecule has 1 heterocycles. The Kier molecular flexibility index (Phi) is 3.51. The summed E-state index contributed by atoms with van der Waals surface area (Å²) in [7, 11) is 0. The van der Waals surface area contributed by atoms with Crippen LogP contribution >= 0.6 is 0 Å². The molecular formula is C9H16N2O. The molecule has 0 saturated carbocycles. The van der Waals surface area contributed by atoms with Crippen LogP contribution < -0.4 is 5.32 Å². The highest BCUT2D eigenvalue weighted by molar-refractivity contribution is 4.94. The minimum absolute atomic E-state index is 0.00227. The van der Waals surface area contributed by atoms with E-state index in [1.807, 2.05) is 6.92 Å². The molecular weight excluding hydrogens is 152 g/mol. The molecule has 3 unspecified atom stereocenters. The molecule has 68 valence electrons. The molecule has 3 nitrogen and oxygen atoms in total. The summed E-state index contributed by atoms with van der Waals surface area (Å²) >= 11 is 0. The van der Waals surface area contributed by atoms with Crippen LogP contribution in [-0.2, 0) is 0 Å². The quantitative estimate of drug-likeness (QED) is 0.631. The molecule has 0 aromatic rings. The number of hydrogen-bond donors (Lipinski definition) is 2. The van der Waals surface area contributed by atoms with Crippen molar-refractivity contribution in [2.75, 3.05) is 13.2 Å². The average Bonchev–Trinajstić information content (AvgIpc) is 2.16. The van der Waals surface area contributed by atoms with Gasteiger partial charge in [0.15, 0.2) is 0 Å². The van der Waals surface area contributed by atoms with Crippen molar-refractivity contribution in [2.24, 2.45) is 11.8 Å². The Bertz CT molecular complexity index is 176. The maximum absolute atomic E-state index is 9.06. The third-order valence-corrected chi connectivity index (χ3v) is 2.62. The van der Waals surface area contributed by atoms with Crippen molar-refractivity contribution in [3.05, 3.63) is 0 Å². The second-order valence-corrected chi connectivity index (χ2v) is 3.48. The first kappa shape index (κ1) is 9.50. The fraction of sp³-hybridized carbons (Fsp3) is 0.889. The first-order chi connectivity index (χ1) is 5.79. The second-order valence-electron chi connectivity index (χ2n) is 3.48. The number of nitrogens with zero attached hydrogens (tertiary/aromatic N) is 1. The SMILES string of the molecule is CC(C#N)C1NCCCC1CO. The molecule has 0 aliphatic carbocycles. The fourth-order valence-electron chi connectivity index (χ4n) is 1.85. The molecule has 0 amide bonds. The van der Waals surface area contributed by atoms with E-state index in [2.05, 4.69) is 11.4 Å². The molecule has 1 aliphatic heterocycles. The van der Waals surface area contributed by atoms with Gasteiger partial charge in [-0.3, -0.25) is 0 Å². The Morgan fingerprint density at radius 1 is 1.75 bits per heavy atom. The molecule has 0 spiro atoms.